The Labute approximate surface area is 152 Å². The third-order valence-corrected chi connectivity index (χ3v) is 4.48. The van der Waals surface area contributed by atoms with E-state index in [9.17, 15) is 9.59 Å². The molecule has 0 unspecified atom stereocenters. The fraction of sp³-hybridized carbons (Fsp3) is 0.389. The second kappa shape index (κ2) is 7.74. The number of aromatic nitrogens is 2. The SMILES string of the molecule is Cc1cccc(-n2ccnc2SCC(=O)NC(=O)NC(C)(C)C)c1C. The van der Waals surface area contributed by atoms with E-state index in [4.69, 9.17) is 0 Å². The normalized spacial score (nSPS) is 11.2. The summed E-state index contributed by atoms with van der Waals surface area (Å²) >= 11 is 1.29. The van der Waals surface area contributed by atoms with Gasteiger partial charge >= 0.3 is 6.03 Å². The molecule has 6 nitrogen and oxygen atoms in total. The molecule has 0 bridgehead atoms. The highest BCUT2D eigenvalue weighted by molar-refractivity contribution is 7.99. The molecular weight excluding hydrogens is 336 g/mol. The van der Waals surface area contributed by atoms with E-state index in [0.717, 1.165) is 11.3 Å². The first-order valence-corrected chi connectivity index (χ1v) is 9.00. The summed E-state index contributed by atoms with van der Waals surface area (Å²) in [6.45, 7) is 9.68. The Balaban J connectivity index is 2.01. The van der Waals surface area contributed by atoms with Crippen molar-refractivity contribution in [3.05, 3.63) is 41.7 Å². The molecule has 1 heterocycles. The second-order valence-corrected chi connectivity index (χ2v) is 7.78. The summed E-state index contributed by atoms with van der Waals surface area (Å²) in [5.74, 6) is -0.248. The van der Waals surface area contributed by atoms with Crippen molar-refractivity contribution in [1.29, 1.82) is 0 Å². The average Bonchev–Trinajstić information content (AvgIpc) is 2.94. The predicted octanol–water partition coefficient (Wildman–Crippen LogP) is 3.21. The van der Waals surface area contributed by atoms with Gasteiger partial charge in [-0.25, -0.2) is 9.78 Å². The van der Waals surface area contributed by atoms with Gasteiger partial charge in [-0.2, -0.15) is 0 Å². The number of imidazole rings is 1. The number of carbonyl (C=O) groups is 2. The minimum Gasteiger partial charge on any atom is -0.333 e. The smallest absolute Gasteiger partial charge is 0.321 e. The van der Waals surface area contributed by atoms with Crippen LogP contribution in [0.5, 0.6) is 0 Å². The molecular formula is C18H24N4O2S. The fourth-order valence-electron chi connectivity index (χ4n) is 2.24. The molecule has 0 spiro atoms. The molecule has 1 aromatic heterocycles. The molecule has 0 radical (unpaired) electrons. The Morgan fingerprint density at radius 3 is 2.64 bits per heavy atom. The first-order valence-electron chi connectivity index (χ1n) is 8.02. The number of benzene rings is 1. The van der Waals surface area contributed by atoms with Crippen LogP contribution in [-0.4, -0.2) is 32.8 Å². The van der Waals surface area contributed by atoms with Crippen LogP contribution in [-0.2, 0) is 4.79 Å². The highest BCUT2D eigenvalue weighted by Crippen LogP contribution is 2.24. The van der Waals surface area contributed by atoms with Gasteiger partial charge in [-0.05, 0) is 51.8 Å². The van der Waals surface area contributed by atoms with E-state index >= 15 is 0 Å². The van der Waals surface area contributed by atoms with E-state index in [1.807, 2.05) is 43.7 Å². The maximum absolute atomic E-state index is 12.0. The molecule has 0 aliphatic rings. The van der Waals surface area contributed by atoms with Gasteiger partial charge in [0.15, 0.2) is 5.16 Å². The van der Waals surface area contributed by atoms with Gasteiger partial charge in [-0.15, -0.1) is 0 Å². The lowest BCUT2D eigenvalue weighted by molar-refractivity contribution is -0.117. The molecule has 2 N–H and O–H groups in total. The lowest BCUT2D eigenvalue weighted by Crippen LogP contribution is -2.48. The maximum atomic E-state index is 12.0. The van der Waals surface area contributed by atoms with Crippen molar-refractivity contribution in [3.8, 4) is 5.69 Å². The third kappa shape index (κ3) is 5.35. The number of carbonyl (C=O) groups excluding carboxylic acids is 2. The van der Waals surface area contributed by atoms with Gasteiger partial charge in [0.05, 0.1) is 11.4 Å². The van der Waals surface area contributed by atoms with Crippen LogP contribution in [0.2, 0.25) is 0 Å². The van der Waals surface area contributed by atoms with Crippen LogP contribution < -0.4 is 10.6 Å². The molecule has 25 heavy (non-hydrogen) atoms. The molecule has 0 saturated heterocycles. The van der Waals surface area contributed by atoms with Gasteiger partial charge in [-0.1, -0.05) is 23.9 Å². The molecule has 0 fully saturated rings. The minimum atomic E-state index is -0.490. The van der Waals surface area contributed by atoms with Crippen LogP contribution in [0, 0.1) is 13.8 Å². The van der Waals surface area contributed by atoms with Gasteiger partial charge in [0.2, 0.25) is 5.91 Å². The topological polar surface area (TPSA) is 76.0 Å². The number of nitrogens with zero attached hydrogens (tertiary/aromatic N) is 2. The Bertz CT molecular complexity index is 778. The summed E-state index contributed by atoms with van der Waals surface area (Å²) in [5.41, 5.74) is 3.00. The summed E-state index contributed by atoms with van der Waals surface area (Å²) < 4.78 is 1.95. The number of nitrogens with one attached hydrogen (secondary N) is 2. The van der Waals surface area contributed by atoms with E-state index in [1.165, 1.54) is 17.3 Å². The lowest BCUT2D eigenvalue weighted by Gasteiger charge is -2.20. The first-order chi connectivity index (χ1) is 11.7. The van der Waals surface area contributed by atoms with Crippen LogP contribution in [0.15, 0.2) is 35.7 Å². The highest BCUT2D eigenvalue weighted by atomic mass is 32.2. The zero-order valence-electron chi connectivity index (χ0n) is 15.2. The van der Waals surface area contributed by atoms with Crippen molar-refractivity contribution >= 4 is 23.7 Å². The zero-order valence-corrected chi connectivity index (χ0v) is 16.0. The predicted molar refractivity (Wildman–Crippen MR) is 100 cm³/mol. The summed E-state index contributed by atoms with van der Waals surface area (Å²) in [6.07, 6.45) is 3.57. The summed E-state index contributed by atoms with van der Waals surface area (Å²) in [6, 6.07) is 5.58. The van der Waals surface area contributed by atoms with Crippen LogP contribution in [0.25, 0.3) is 5.69 Å². The van der Waals surface area contributed by atoms with E-state index in [0.29, 0.717) is 5.16 Å². The average molecular weight is 360 g/mol. The Morgan fingerprint density at radius 2 is 1.96 bits per heavy atom. The lowest BCUT2D eigenvalue weighted by atomic mass is 10.1. The quantitative estimate of drug-likeness (QED) is 0.821. The van der Waals surface area contributed by atoms with Gasteiger partial charge in [0, 0.05) is 17.9 Å². The number of rotatable bonds is 4. The number of thioether (sulfide) groups is 1. The van der Waals surface area contributed by atoms with Crippen molar-refractivity contribution < 1.29 is 9.59 Å². The van der Waals surface area contributed by atoms with E-state index in [-0.39, 0.29) is 11.7 Å². The standard InChI is InChI=1S/C18H24N4O2S/c1-12-7-6-8-14(13(12)2)22-10-9-19-17(22)25-11-15(23)20-16(24)21-18(3,4)5/h6-10H,11H2,1-5H3,(H2,20,21,23,24). The third-order valence-electron chi connectivity index (χ3n) is 3.52. The number of hydrogen-bond donors (Lipinski definition) is 2. The summed E-state index contributed by atoms with van der Waals surface area (Å²) in [7, 11) is 0. The summed E-state index contributed by atoms with van der Waals surface area (Å²) in [5, 5.41) is 5.73. The molecule has 134 valence electrons. The number of aryl methyl sites for hydroxylation is 1. The van der Waals surface area contributed by atoms with E-state index in [2.05, 4.69) is 35.5 Å². The van der Waals surface area contributed by atoms with Crippen LogP contribution in [0.3, 0.4) is 0 Å². The summed E-state index contributed by atoms with van der Waals surface area (Å²) in [4.78, 5) is 28.0. The molecule has 2 aromatic rings. The van der Waals surface area contributed by atoms with E-state index in [1.54, 1.807) is 6.20 Å². The largest absolute Gasteiger partial charge is 0.333 e. The molecule has 0 saturated carbocycles. The molecule has 0 aliphatic carbocycles. The Kier molecular flexibility index (Phi) is 5.89. The highest BCUT2D eigenvalue weighted by Gasteiger charge is 2.16. The zero-order chi connectivity index (χ0) is 18.6. The van der Waals surface area contributed by atoms with Crippen molar-refractivity contribution in [3.63, 3.8) is 0 Å². The van der Waals surface area contributed by atoms with Crippen LogP contribution in [0.1, 0.15) is 31.9 Å². The number of hydrogen-bond acceptors (Lipinski definition) is 4. The maximum Gasteiger partial charge on any atom is 0.321 e. The van der Waals surface area contributed by atoms with Gasteiger partial charge in [0.25, 0.3) is 0 Å². The number of imide groups is 1. The van der Waals surface area contributed by atoms with Gasteiger partial charge < -0.3 is 5.32 Å². The second-order valence-electron chi connectivity index (χ2n) is 6.84. The number of urea groups is 1. The number of amides is 3. The van der Waals surface area contributed by atoms with Crippen molar-refractivity contribution in [2.75, 3.05) is 5.75 Å². The monoisotopic (exact) mass is 360 g/mol. The molecule has 7 heteroatoms. The van der Waals surface area contributed by atoms with Crippen LogP contribution in [0.4, 0.5) is 4.79 Å². The Morgan fingerprint density at radius 1 is 1.24 bits per heavy atom. The van der Waals surface area contributed by atoms with Gasteiger partial charge in [-0.3, -0.25) is 14.7 Å². The van der Waals surface area contributed by atoms with Crippen molar-refractivity contribution in [2.24, 2.45) is 0 Å². The molecule has 3 amide bonds. The van der Waals surface area contributed by atoms with Crippen molar-refractivity contribution in [2.45, 2.75) is 45.3 Å². The van der Waals surface area contributed by atoms with Crippen molar-refractivity contribution in [1.82, 2.24) is 20.2 Å². The van der Waals surface area contributed by atoms with Crippen LogP contribution >= 0.6 is 11.8 Å². The molecule has 0 atom stereocenters. The fourth-order valence-corrected chi connectivity index (χ4v) is 3.01. The van der Waals surface area contributed by atoms with E-state index < -0.39 is 11.6 Å². The van der Waals surface area contributed by atoms with Gasteiger partial charge in [0.1, 0.15) is 0 Å². The minimum absolute atomic E-state index is 0.111. The molecule has 2 rings (SSSR count). The first kappa shape index (κ1) is 19.1. The molecule has 0 aliphatic heterocycles. The molecule has 1 aromatic carbocycles. The Hall–Kier alpha value is -2.28.